The van der Waals surface area contributed by atoms with Gasteiger partial charge in [0.25, 0.3) is 0 Å². The van der Waals surface area contributed by atoms with Crippen molar-refractivity contribution in [3.05, 3.63) is 24.3 Å². The first-order valence-electron chi connectivity index (χ1n) is 11.8. The molecule has 29 heavy (non-hydrogen) atoms. The van der Waals surface area contributed by atoms with Crippen LogP contribution in [0.4, 0.5) is 11.4 Å². The summed E-state index contributed by atoms with van der Waals surface area (Å²) in [5.41, 5.74) is 2.29. The first kappa shape index (κ1) is 19.4. The molecule has 4 heterocycles. The molecule has 5 nitrogen and oxygen atoms in total. The van der Waals surface area contributed by atoms with Crippen LogP contribution in [0, 0.1) is 5.41 Å². The molecule has 158 valence electrons. The van der Waals surface area contributed by atoms with Crippen molar-refractivity contribution in [1.82, 2.24) is 10.2 Å². The van der Waals surface area contributed by atoms with Crippen molar-refractivity contribution in [2.75, 3.05) is 49.1 Å². The fourth-order valence-corrected chi connectivity index (χ4v) is 6.23. The second kappa shape index (κ2) is 7.92. The Bertz CT molecular complexity index is 719. The first-order valence-corrected chi connectivity index (χ1v) is 11.8. The molecule has 0 aliphatic carbocycles. The first-order chi connectivity index (χ1) is 14.2. The average molecular weight is 397 g/mol. The molecule has 1 N–H and O–H groups in total. The Morgan fingerprint density at radius 1 is 0.897 bits per heavy atom. The Balaban J connectivity index is 1.21. The second-order valence-corrected chi connectivity index (χ2v) is 9.70. The van der Waals surface area contributed by atoms with Gasteiger partial charge in [0.15, 0.2) is 0 Å². The van der Waals surface area contributed by atoms with E-state index in [1.807, 2.05) is 4.90 Å². The lowest BCUT2D eigenvalue weighted by atomic mass is 9.78. The summed E-state index contributed by atoms with van der Waals surface area (Å²) in [6, 6.07) is 10.3. The number of anilines is 2. The van der Waals surface area contributed by atoms with Crippen LogP contribution in [0.1, 0.15) is 51.9 Å². The van der Waals surface area contributed by atoms with E-state index in [9.17, 15) is 4.79 Å². The minimum Gasteiger partial charge on any atom is -0.371 e. The highest BCUT2D eigenvalue weighted by atomic mass is 16.2. The lowest BCUT2D eigenvalue weighted by Gasteiger charge is -2.39. The highest BCUT2D eigenvalue weighted by Crippen LogP contribution is 2.42. The quantitative estimate of drug-likeness (QED) is 0.851. The Hall–Kier alpha value is -1.59. The fourth-order valence-electron chi connectivity index (χ4n) is 6.23. The van der Waals surface area contributed by atoms with Gasteiger partial charge in [-0.1, -0.05) is 0 Å². The van der Waals surface area contributed by atoms with E-state index in [1.54, 1.807) is 0 Å². The van der Waals surface area contributed by atoms with Crippen molar-refractivity contribution in [3.8, 4) is 0 Å². The molecule has 1 aromatic carbocycles. The zero-order valence-electron chi connectivity index (χ0n) is 17.9. The van der Waals surface area contributed by atoms with Gasteiger partial charge in [-0.2, -0.15) is 0 Å². The summed E-state index contributed by atoms with van der Waals surface area (Å²) in [4.78, 5) is 20.5. The summed E-state index contributed by atoms with van der Waals surface area (Å²) in [7, 11) is 0. The molecule has 0 radical (unpaired) electrons. The number of likely N-dealkylation sites (tertiary alicyclic amines) is 1. The molecule has 5 rings (SSSR count). The van der Waals surface area contributed by atoms with Gasteiger partial charge in [0.2, 0.25) is 5.91 Å². The van der Waals surface area contributed by atoms with E-state index >= 15 is 0 Å². The highest BCUT2D eigenvalue weighted by molar-refractivity contribution is 6.00. The Morgan fingerprint density at radius 2 is 1.59 bits per heavy atom. The van der Waals surface area contributed by atoms with Crippen LogP contribution in [0.25, 0.3) is 0 Å². The van der Waals surface area contributed by atoms with Crippen LogP contribution in [0.5, 0.6) is 0 Å². The van der Waals surface area contributed by atoms with Crippen molar-refractivity contribution in [1.29, 1.82) is 0 Å². The fraction of sp³-hybridized carbons (Fsp3) is 0.708. The molecule has 1 atom stereocenters. The average Bonchev–Trinajstić information content (AvgIpc) is 3.33. The van der Waals surface area contributed by atoms with Gasteiger partial charge in [0.1, 0.15) is 0 Å². The lowest BCUT2D eigenvalue weighted by molar-refractivity contribution is -0.126. The van der Waals surface area contributed by atoms with E-state index in [2.05, 4.69) is 46.3 Å². The molecule has 0 aromatic heterocycles. The van der Waals surface area contributed by atoms with Crippen molar-refractivity contribution in [2.45, 2.75) is 64.0 Å². The molecule has 1 amide bonds. The molecule has 1 spiro atoms. The maximum Gasteiger partial charge on any atom is 0.233 e. The Labute approximate surface area is 175 Å². The zero-order valence-corrected chi connectivity index (χ0v) is 17.9. The Kier molecular flexibility index (Phi) is 5.29. The Morgan fingerprint density at radius 3 is 2.24 bits per heavy atom. The third-order valence-corrected chi connectivity index (χ3v) is 8.14. The lowest BCUT2D eigenvalue weighted by Crippen LogP contribution is -2.46. The number of hydrogen-bond acceptors (Lipinski definition) is 4. The normalized spacial score (nSPS) is 28.6. The molecule has 0 saturated carbocycles. The van der Waals surface area contributed by atoms with Gasteiger partial charge in [-0.25, -0.2) is 0 Å². The molecular weight excluding hydrogens is 360 g/mol. The number of piperidine rings is 2. The largest absolute Gasteiger partial charge is 0.371 e. The van der Waals surface area contributed by atoms with Crippen LogP contribution in [0.15, 0.2) is 24.3 Å². The summed E-state index contributed by atoms with van der Waals surface area (Å²) < 4.78 is 0. The van der Waals surface area contributed by atoms with Crippen molar-refractivity contribution in [3.63, 3.8) is 0 Å². The van der Waals surface area contributed by atoms with Crippen molar-refractivity contribution in [2.24, 2.45) is 5.41 Å². The SMILES string of the molecule is CC1CCCN1C1CCN(c2ccc(N3CCC4(CCNCC4)C3=O)cc2)CC1. The third kappa shape index (κ3) is 3.57. The summed E-state index contributed by atoms with van der Waals surface area (Å²) in [5, 5.41) is 3.40. The zero-order chi connectivity index (χ0) is 19.8. The van der Waals surface area contributed by atoms with Gasteiger partial charge >= 0.3 is 0 Å². The highest BCUT2D eigenvalue weighted by Gasteiger charge is 2.47. The molecule has 5 heteroatoms. The molecule has 4 fully saturated rings. The van der Waals surface area contributed by atoms with Gasteiger partial charge in [0.05, 0.1) is 5.41 Å². The third-order valence-electron chi connectivity index (χ3n) is 8.14. The van der Waals surface area contributed by atoms with Crippen molar-refractivity contribution >= 4 is 17.3 Å². The monoisotopic (exact) mass is 396 g/mol. The van der Waals surface area contributed by atoms with Gasteiger partial charge in [-0.05, 0) is 95.8 Å². The van der Waals surface area contributed by atoms with Crippen LogP contribution >= 0.6 is 0 Å². The summed E-state index contributed by atoms with van der Waals surface area (Å²) >= 11 is 0. The van der Waals surface area contributed by atoms with E-state index in [4.69, 9.17) is 0 Å². The topological polar surface area (TPSA) is 38.8 Å². The van der Waals surface area contributed by atoms with Gasteiger partial charge in [-0.3, -0.25) is 9.69 Å². The van der Waals surface area contributed by atoms with Crippen LogP contribution in [-0.4, -0.2) is 62.2 Å². The molecule has 1 aromatic rings. The van der Waals surface area contributed by atoms with Crippen LogP contribution in [0.3, 0.4) is 0 Å². The number of amides is 1. The van der Waals surface area contributed by atoms with Gasteiger partial charge in [0, 0.05) is 43.1 Å². The van der Waals surface area contributed by atoms with Gasteiger partial charge < -0.3 is 15.1 Å². The summed E-state index contributed by atoms with van der Waals surface area (Å²) in [6.07, 6.45) is 8.28. The maximum absolute atomic E-state index is 13.1. The minimum absolute atomic E-state index is 0.0987. The number of rotatable bonds is 3. The molecule has 0 bridgehead atoms. The van der Waals surface area contributed by atoms with Crippen LogP contribution < -0.4 is 15.1 Å². The number of nitrogens with one attached hydrogen (secondary N) is 1. The summed E-state index contributed by atoms with van der Waals surface area (Å²) in [5.74, 6) is 0.354. The van der Waals surface area contributed by atoms with Gasteiger partial charge in [-0.15, -0.1) is 0 Å². The standard InChI is InChI=1S/C24H36N4O/c1-19-3-2-15-27(19)22-8-16-26(17-9-22)20-4-6-21(7-5-20)28-18-12-24(23(28)29)10-13-25-14-11-24/h4-7,19,22,25H,2-3,8-18H2,1H3. The number of carbonyl (C=O) groups is 1. The van der Waals surface area contributed by atoms with Crippen LogP contribution in [0.2, 0.25) is 0 Å². The number of nitrogens with zero attached hydrogens (tertiary/aromatic N) is 3. The van der Waals surface area contributed by atoms with E-state index in [-0.39, 0.29) is 5.41 Å². The smallest absolute Gasteiger partial charge is 0.233 e. The van der Waals surface area contributed by atoms with E-state index in [0.29, 0.717) is 5.91 Å². The minimum atomic E-state index is -0.0987. The van der Waals surface area contributed by atoms with E-state index in [0.717, 1.165) is 69.8 Å². The number of hydrogen-bond donors (Lipinski definition) is 1. The predicted molar refractivity (Wildman–Crippen MR) is 119 cm³/mol. The number of carbonyl (C=O) groups excluding carboxylic acids is 1. The van der Waals surface area contributed by atoms with E-state index < -0.39 is 0 Å². The summed E-state index contributed by atoms with van der Waals surface area (Å²) in [6.45, 7) is 8.80. The predicted octanol–water partition coefficient (Wildman–Crippen LogP) is 3.25. The molecule has 4 aliphatic heterocycles. The molecule has 4 saturated heterocycles. The molecular formula is C24H36N4O. The maximum atomic E-state index is 13.1. The molecule has 1 unspecified atom stereocenters. The van der Waals surface area contributed by atoms with Crippen LogP contribution in [-0.2, 0) is 4.79 Å². The second-order valence-electron chi connectivity index (χ2n) is 9.70. The van der Waals surface area contributed by atoms with Crippen molar-refractivity contribution < 1.29 is 4.79 Å². The van der Waals surface area contributed by atoms with E-state index in [1.165, 1.54) is 37.9 Å². The number of benzene rings is 1. The molecule has 4 aliphatic rings.